The molecule has 0 bridgehead atoms. The summed E-state index contributed by atoms with van der Waals surface area (Å²) in [6, 6.07) is 1.46. The van der Waals surface area contributed by atoms with Crippen LogP contribution >= 0.6 is 0 Å². The number of hydrogen-bond acceptors (Lipinski definition) is 3. The van der Waals surface area contributed by atoms with Crippen molar-refractivity contribution in [3.8, 4) is 5.75 Å². The summed E-state index contributed by atoms with van der Waals surface area (Å²) >= 11 is 0. The van der Waals surface area contributed by atoms with E-state index in [1.165, 1.54) is 13.2 Å². The van der Waals surface area contributed by atoms with Crippen LogP contribution < -0.4 is 10.5 Å². The van der Waals surface area contributed by atoms with Crippen molar-refractivity contribution >= 4 is 0 Å². The van der Waals surface area contributed by atoms with Gasteiger partial charge in [0, 0.05) is 5.56 Å². The van der Waals surface area contributed by atoms with Gasteiger partial charge in [-0.15, -0.1) is 0 Å². The smallest absolute Gasteiger partial charge is 0.200 e. The molecule has 1 aromatic rings. The third-order valence-electron chi connectivity index (χ3n) is 1.88. The molecule has 0 radical (unpaired) electrons. The lowest BCUT2D eigenvalue weighted by Crippen LogP contribution is -2.16. The van der Waals surface area contributed by atoms with Crippen LogP contribution in [0, 0.1) is 11.6 Å². The van der Waals surface area contributed by atoms with Crippen LogP contribution in [0.5, 0.6) is 5.75 Å². The van der Waals surface area contributed by atoms with Gasteiger partial charge in [-0.3, -0.25) is 0 Å². The molecule has 0 amide bonds. The maximum absolute atomic E-state index is 13.1. The first kappa shape index (κ1) is 10.9. The van der Waals surface area contributed by atoms with E-state index in [1.54, 1.807) is 0 Å². The second-order valence-electron chi connectivity index (χ2n) is 2.77. The average molecular weight is 203 g/mol. The Balaban J connectivity index is 3.23. The van der Waals surface area contributed by atoms with E-state index in [1.807, 2.05) is 0 Å². The number of aliphatic hydroxyl groups excluding tert-OH is 1. The molecule has 1 unspecified atom stereocenters. The highest BCUT2D eigenvalue weighted by molar-refractivity contribution is 5.37. The van der Waals surface area contributed by atoms with Crippen molar-refractivity contribution < 1.29 is 18.6 Å². The van der Waals surface area contributed by atoms with Gasteiger partial charge in [0.05, 0.1) is 19.8 Å². The normalized spacial score (nSPS) is 12.6. The Hall–Kier alpha value is -1.20. The molecule has 0 heterocycles. The van der Waals surface area contributed by atoms with Crippen LogP contribution in [-0.4, -0.2) is 18.8 Å². The summed E-state index contributed by atoms with van der Waals surface area (Å²) in [5, 5.41) is 8.77. The van der Waals surface area contributed by atoms with Crippen molar-refractivity contribution in [1.82, 2.24) is 0 Å². The van der Waals surface area contributed by atoms with Gasteiger partial charge in [0.2, 0.25) is 5.82 Å². The number of methoxy groups -OCH3 is 1. The maximum Gasteiger partial charge on any atom is 0.200 e. The molecule has 0 aliphatic rings. The molecule has 0 fully saturated rings. The number of benzene rings is 1. The Bertz CT molecular complexity index is 331. The first-order valence-electron chi connectivity index (χ1n) is 4.00. The van der Waals surface area contributed by atoms with Crippen LogP contribution in [-0.2, 0) is 0 Å². The maximum atomic E-state index is 13.1. The monoisotopic (exact) mass is 203 g/mol. The molecule has 78 valence electrons. The van der Waals surface area contributed by atoms with Gasteiger partial charge in [-0.05, 0) is 6.07 Å². The highest BCUT2D eigenvalue weighted by atomic mass is 19.2. The second-order valence-corrected chi connectivity index (χ2v) is 2.77. The molecule has 0 spiro atoms. The van der Waals surface area contributed by atoms with Crippen LogP contribution in [0.3, 0.4) is 0 Å². The van der Waals surface area contributed by atoms with Gasteiger partial charge in [-0.2, -0.15) is 4.39 Å². The van der Waals surface area contributed by atoms with Gasteiger partial charge in [-0.25, -0.2) is 4.39 Å². The molecule has 1 aromatic carbocycles. The van der Waals surface area contributed by atoms with Crippen molar-refractivity contribution in [3.63, 3.8) is 0 Å². The lowest BCUT2D eigenvalue weighted by molar-refractivity contribution is 0.262. The second kappa shape index (κ2) is 4.34. The predicted octanol–water partition coefficient (Wildman–Crippen LogP) is 0.965. The van der Waals surface area contributed by atoms with Gasteiger partial charge in [0.15, 0.2) is 11.6 Å². The number of ether oxygens (including phenoxy) is 1. The van der Waals surface area contributed by atoms with Gasteiger partial charge >= 0.3 is 0 Å². The van der Waals surface area contributed by atoms with E-state index in [2.05, 4.69) is 4.74 Å². The summed E-state index contributed by atoms with van der Waals surface area (Å²) in [7, 11) is 1.21. The van der Waals surface area contributed by atoms with Crippen LogP contribution in [0.15, 0.2) is 12.1 Å². The summed E-state index contributed by atoms with van der Waals surface area (Å²) < 4.78 is 30.6. The Kier molecular flexibility index (Phi) is 3.38. The van der Waals surface area contributed by atoms with E-state index in [9.17, 15) is 8.78 Å². The first-order chi connectivity index (χ1) is 6.61. The molecule has 1 rings (SSSR count). The van der Waals surface area contributed by atoms with Crippen LogP contribution in [0.1, 0.15) is 11.6 Å². The molecule has 0 aliphatic carbocycles. The van der Waals surface area contributed by atoms with Crippen molar-refractivity contribution in [2.75, 3.05) is 13.7 Å². The topological polar surface area (TPSA) is 55.5 Å². The highest BCUT2D eigenvalue weighted by Crippen LogP contribution is 2.28. The third kappa shape index (κ3) is 1.83. The van der Waals surface area contributed by atoms with E-state index < -0.39 is 17.7 Å². The van der Waals surface area contributed by atoms with Gasteiger partial charge in [0.25, 0.3) is 0 Å². The van der Waals surface area contributed by atoms with Crippen molar-refractivity contribution in [3.05, 3.63) is 29.3 Å². The Morgan fingerprint density at radius 2 is 2.14 bits per heavy atom. The fourth-order valence-corrected chi connectivity index (χ4v) is 1.14. The van der Waals surface area contributed by atoms with E-state index in [0.717, 1.165) is 6.07 Å². The van der Waals surface area contributed by atoms with Crippen LogP contribution in [0.4, 0.5) is 8.78 Å². The lowest BCUT2D eigenvalue weighted by Gasteiger charge is -2.13. The van der Waals surface area contributed by atoms with Gasteiger partial charge < -0.3 is 15.6 Å². The molecule has 0 aliphatic heterocycles. The number of rotatable bonds is 3. The van der Waals surface area contributed by atoms with Crippen LogP contribution in [0.2, 0.25) is 0 Å². The fraction of sp³-hybridized carbons (Fsp3) is 0.333. The molecule has 0 aromatic heterocycles. The van der Waals surface area contributed by atoms with Crippen molar-refractivity contribution in [2.24, 2.45) is 5.73 Å². The van der Waals surface area contributed by atoms with Crippen molar-refractivity contribution in [2.45, 2.75) is 6.04 Å². The molecule has 0 saturated heterocycles. The Morgan fingerprint density at radius 3 is 2.64 bits per heavy atom. The zero-order valence-electron chi connectivity index (χ0n) is 7.63. The third-order valence-corrected chi connectivity index (χ3v) is 1.88. The first-order valence-corrected chi connectivity index (χ1v) is 4.00. The van der Waals surface area contributed by atoms with E-state index in [0.29, 0.717) is 0 Å². The standard InChI is InChI=1S/C9H11F2NO2/c1-14-9-5(7(12)4-13)2-3-6(10)8(9)11/h2-3,7,13H,4,12H2,1H3. The molecule has 5 heteroatoms. The fourth-order valence-electron chi connectivity index (χ4n) is 1.14. The SMILES string of the molecule is COc1c(C(N)CO)ccc(F)c1F. The molecule has 3 N–H and O–H groups in total. The molecule has 1 atom stereocenters. The molecule has 14 heavy (non-hydrogen) atoms. The predicted molar refractivity (Wildman–Crippen MR) is 46.9 cm³/mol. The Labute approximate surface area is 80.1 Å². The minimum absolute atomic E-state index is 0.244. The van der Waals surface area contributed by atoms with Crippen LogP contribution in [0.25, 0.3) is 0 Å². The summed E-state index contributed by atoms with van der Waals surface area (Å²) in [6.45, 7) is -0.360. The highest BCUT2D eigenvalue weighted by Gasteiger charge is 2.18. The summed E-state index contributed by atoms with van der Waals surface area (Å²) in [4.78, 5) is 0. The molecule has 3 nitrogen and oxygen atoms in total. The van der Waals surface area contributed by atoms with Gasteiger partial charge in [-0.1, -0.05) is 6.07 Å². The zero-order chi connectivity index (χ0) is 10.7. The molecular weight excluding hydrogens is 192 g/mol. The van der Waals surface area contributed by atoms with Gasteiger partial charge in [0.1, 0.15) is 0 Å². The molecule has 0 saturated carbocycles. The number of nitrogens with two attached hydrogens (primary N) is 1. The average Bonchev–Trinajstić information content (AvgIpc) is 2.20. The zero-order valence-corrected chi connectivity index (χ0v) is 7.63. The number of halogens is 2. The van der Waals surface area contributed by atoms with E-state index in [-0.39, 0.29) is 17.9 Å². The van der Waals surface area contributed by atoms with E-state index >= 15 is 0 Å². The number of aliphatic hydroxyl groups is 1. The quantitative estimate of drug-likeness (QED) is 0.769. The number of hydrogen-bond donors (Lipinski definition) is 2. The Morgan fingerprint density at radius 1 is 1.50 bits per heavy atom. The summed E-state index contributed by atoms with van der Waals surface area (Å²) in [5.41, 5.74) is 5.71. The molecular formula is C9H11F2NO2. The largest absolute Gasteiger partial charge is 0.493 e. The van der Waals surface area contributed by atoms with E-state index in [4.69, 9.17) is 10.8 Å². The van der Waals surface area contributed by atoms with Crippen molar-refractivity contribution in [1.29, 1.82) is 0 Å². The summed E-state index contributed by atoms with van der Waals surface area (Å²) in [6.07, 6.45) is 0. The summed E-state index contributed by atoms with van der Waals surface area (Å²) in [5.74, 6) is -2.35. The lowest BCUT2D eigenvalue weighted by atomic mass is 10.1. The minimum atomic E-state index is -1.09. The minimum Gasteiger partial charge on any atom is -0.493 e.